The second-order valence-electron chi connectivity index (χ2n) is 2.97. The van der Waals surface area contributed by atoms with Crippen molar-refractivity contribution in [2.24, 2.45) is 0 Å². The Balaban J connectivity index is 2.34. The van der Waals surface area contributed by atoms with Gasteiger partial charge < -0.3 is 9.52 Å². The quantitative estimate of drug-likeness (QED) is 0.741. The lowest BCUT2D eigenvalue weighted by molar-refractivity contribution is 0.248. The molecule has 2 nitrogen and oxygen atoms in total. The minimum atomic E-state index is -0.0648. The van der Waals surface area contributed by atoms with Crippen LogP contribution in [0.1, 0.15) is 5.76 Å². The predicted octanol–water partition coefficient (Wildman–Crippen LogP) is 2.73. The van der Waals surface area contributed by atoms with Gasteiger partial charge in [0, 0.05) is 10.5 Å². The van der Waals surface area contributed by atoms with Gasteiger partial charge in [-0.25, -0.2) is 0 Å². The van der Waals surface area contributed by atoms with Gasteiger partial charge in [-0.2, -0.15) is 0 Å². The molecule has 0 unspecified atom stereocenters. The van der Waals surface area contributed by atoms with Gasteiger partial charge in [0.15, 0.2) is 0 Å². The molecule has 1 N–H and O–H groups in total. The van der Waals surface area contributed by atoms with E-state index in [4.69, 9.17) is 9.52 Å². The summed E-state index contributed by atoms with van der Waals surface area (Å²) < 4.78 is 5.38. The highest BCUT2D eigenvalue weighted by atomic mass is 32.1. The molecular weight excluding hydrogens is 196 g/mol. The maximum Gasteiger partial charge on any atom is 0.134 e. The molecule has 1 heterocycles. The number of furan rings is 1. The first kappa shape index (κ1) is 9.37. The lowest BCUT2D eigenvalue weighted by Crippen LogP contribution is -1.75. The first-order valence-corrected chi connectivity index (χ1v) is 4.73. The first-order valence-electron chi connectivity index (χ1n) is 4.28. The van der Waals surface area contributed by atoms with Gasteiger partial charge in [-0.1, -0.05) is 12.1 Å². The lowest BCUT2D eigenvalue weighted by atomic mass is 10.2. The van der Waals surface area contributed by atoms with Crippen LogP contribution in [-0.2, 0) is 6.61 Å². The molecule has 0 radical (unpaired) electrons. The molecule has 0 aliphatic heterocycles. The Hall–Kier alpha value is -1.19. The van der Waals surface area contributed by atoms with Crippen LogP contribution in [0.4, 0.5) is 0 Å². The molecule has 14 heavy (non-hydrogen) atoms. The van der Waals surface area contributed by atoms with Gasteiger partial charge >= 0.3 is 0 Å². The summed E-state index contributed by atoms with van der Waals surface area (Å²) in [6.07, 6.45) is 0. The van der Waals surface area contributed by atoms with E-state index in [1.165, 1.54) is 0 Å². The monoisotopic (exact) mass is 206 g/mol. The maximum absolute atomic E-state index is 8.84. The van der Waals surface area contributed by atoms with Gasteiger partial charge in [0.2, 0.25) is 0 Å². The van der Waals surface area contributed by atoms with Crippen molar-refractivity contribution in [3.8, 4) is 11.3 Å². The summed E-state index contributed by atoms with van der Waals surface area (Å²) in [4.78, 5) is 0.919. The summed E-state index contributed by atoms with van der Waals surface area (Å²) in [6.45, 7) is -0.0648. The zero-order valence-corrected chi connectivity index (χ0v) is 8.37. The average molecular weight is 206 g/mol. The smallest absolute Gasteiger partial charge is 0.134 e. The van der Waals surface area contributed by atoms with E-state index in [0.717, 1.165) is 16.2 Å². The first-order chi connectivity index (χ1) is 6.79. The Bertz CT molecular complexity index is 417. The van der Waals surface area contributed by atoms with Crippen molar-refractivity contribution >= 4 is 12.6 Å². The number of hydrogen-bond acceptors (Lipinski definition) is 3. The molecule has 1 aromatic carbocycles. The van der Waals surface area contributed by atoms with E-state index in [1.807, 2.05) is 30.3 Å². The standard InChI is InChI=1S/C11H10O2S/c12-7-9-3-6-11(13-9)8-1-4-10(14)5-2-8/h1-6,12,14H,7H2. The van der Waals surface area contributed by atoms with Crippen molar-refractivity contribution in [2.45, 2.75) is 11.5 Å². The summed E-state index contributed by atoms with van der Waals surface area (Å²) in [5, 5.41) is 8.84. The fourth-order valence-corrected chi connectivity index (χ4v) is 1.39. The lowest BCUT2D eigenvalue weighted by Gasteiger charge is -1.96. The zero-order chi connectivity index (χ0) is 9.97. The normalized spacial score (nSPS) is 10.4. The average Bonchev–Trinajstić information content (AvgIpc) is 2.67. The maximum atomic E-state index is 8.84. The van der Waals surface area contributed by atoms with Crippen molar-refractivity contribution in [3.05, 3.63) is 42.2 Å². The molecule has 0 saturated heterocycles. The third-order valence-electron chi connectivity index (χ3n) is 1.97. The molecule has 0 spiro atoms. The van der Waals surface area contributed by atoms with Crippen LogP contribution in [0.25, 0.3) is 11.3 Å². The number of thiol groups is 1. The van der Waals surface area contributed by atoms with Crippen LogP contribution in [0.15, 0.2) is 45.7 Å². The molecule has 0 bridgehead atoms. The van der Waals surface area contributed by atoms with E-state index < -0.39 is 0 Å². The van der Waals surface area contributed by atoms with Gasteiger partial charge in [0.05, 0.1) is 0 Å². The van der Waals surface area contributed by atoms with E-state index in [1.54, 1.807) is 6.07 Å². The van der Waals surface area contributed by atoms with Crippen LogP contribution in [0.2, 0.25) is 0 Å². The van der Waals surface area contributed by atoms with Crippen molar-refractivity contribution in [2.75, 3.05) is 0 Å². The Labute approximate surface area is 87.6 Å². The van der Waals surface area contributed by atoms with E-state index in [-0.39, 0.29) is 6.61 Å². The summed E-state index contributed by atoms with van der Waals surface area (Å²) >= 11 is 4.20. The topological polar surface area (TPSA) is 33.4 Å². The third-order valence-corrected chi connectivity index (χ3v) is 2.27. The van der Waals surface area contributed by atoms with Gasteiger partial charge in [0.1, 0.15) is 18.1 Å². The fraction of sp³-hybridized carbons (Fsp3) is 0.0909. The summed E-state index contributed by atoms with van der Waals surface area (Å²) in [5.74, 6) is 1.34. The fourth-order valence-electron chi connectivity index (χ4n) is 1.24. The molecule has 2 rings (SSSR count). The molecule has 0 aliphatic carbocycles. The second-order valence-corrected chi connectivity index (χ2v) is 3.49. The van der Waals surface area contributed by atoms with Gasteiger partial charge in [0.25, 0.3) is 0 Å². The number of rotatable bonds is 2. The van der Waals surface area contributed by atoms with Gasteiger partial charge in [-0.05, 0) is 24.3 Å². The molecule has 0 saturated carbocycles. The van der Waals surface area contributed by atoms with E-state index in [2.05, 4.69) is 12.6 Å². The minimum absolute atomic E-state index is 0.0648. The number of benzene rings is 1. The molecule has 0 fully saturated rings. The van der Waals surface area contributed by atoms with E-state index in [9.17, 15) is 0 Å². The number of hydrogen-bond donors (Lipinski definition) is 2. The van der Waals surface area contributed by atoms with Crippen LogP contribution < -0.4 is 0 Å². The highest BCUT2D eigenvalue weighted by Gasteiger charge is 2.02. The number of aliphatic hydroxyl groups is 1. The zero-order valence-electron chi connectivity index (χ0n) is 7.47. The second kappa shape index (κ2) is 3.90. The summed E-state index contributed by atoms with van der Waals surface area (Å²) in [6, 6.07) is 11.3. The van der Waals surface area contributed by atoms with Crippen molar-refractivity contribution in [1.82, 2.24) is 0 Å². The molecule has 2 aromatic rings. The van der Waals surface area contributed by atoms with E-state index in [0.29, 0.717) is 5.76 Å². The summed E-state index contributed by atoms with van der Waals surface area (Å²) in [7, 11) is 0. The van der Waals surface area contributed by atoms with E-state index >= 15 is 0 Å². The molecule has 0 aliphatic rings. The summed E-state index contributed by atoms with van der Waals surface area (Å²) in [5.41, 5.74) is 0.988. The third kappa shape index (κ3) is 1.84. The van der Waals surface area contributed by atoms with Crippen LogP contribution in [0.3, 0.4) is 0 Å². The SMILES string of the molecule is OCc1ccc(-c2ccc(S)cc2)o1. The predicted molar refractivity (Wildman–Crippen MR) is 57.3 cm³/mol. The van der Waals surface area contributed by atoms with Crippen molar-refractivity contribution < 1.29 is 9.52 Å². The largest absolute Gasteiger partial charge is 0.459 e. The number of aliphatic hydroxyl groups excluding tert-OH is 1. The molecule has 0 atom stereocenters. The molecule has 0 amide bonds. The Morgan fingerprint density at radius 1 is 1.07 bits per heavy atom. The molecule has 72 valence electrons. The van der Waals surface area contributed by atoms with Crippen LogP contribution >= 0.6 is 12.6 Å². The Morgan fingerprint density at radius 3 is 2.36 bits per heavy atom. The van der Waals surface area contributed by atoms with Gasteiger partial charge in [-0.15, -0.1) is 12.6 Å². The van der Waals surface area contributed by atoms with Crippen LogP contribution in [0.5, 0.6) is 0 Å². The van der Waals surface area contributed by atoms with Crippen molar-refractivity contribution in [1.29, 1.82) is 0 Å². The minimum Gasteiger partial charge on any atom is -0.459 e. The van der Waals surface area contributed by atoms with Crippen LogP contribution in [0, 0.1) is 0 Å². The van der Waals surface area contributed by atoms with Crippen molar-refractivity contribution in [3.63, 3.8) is 0 Å². The molecule has 1 aromatic heterocycles. The molecular formula is C11H10O2S. The Kier molecular flexibility index (Phi) is 2.61. The van der Waals surface area contributed by atoms with Crippen LogP contribution in [-0.4, -0.2) is 5.11 Å². The Morgan fingerprint density at radius 2 is 1.79 bits per heavy atom. The highest BCUT2D eigenvalue weighted by Crippen LogP contribution is 2.23. The molecule has 3 heteroatoms. The highest BCUT2D eigenvalue weighted by molar-refractivity contribution is 7.80. The van der Waals surface area contributed by atoms with Gasteiger partial charge in [-0.3, -0.25) is 0 Å².